The Balaban J connectivity index is 1.47. The molecule has 0 radical (unpaired) electrons. The quantitative estimate of drug-likeness (QED) is 0.656. The molecule has 1 aliphatic rings. The SMILES string of the molecule is CC(C)(CC1Cc2ccccc2C1)NC[C@@H](O)COc1ccccc1S(C)(=O)=O. The van der Waals surface area contributed by atoms with E-state index in [2.05, 4.69) is 43.4 Å². The van der Waals surface area contributed by atoms with Gasteiger partial charge in [-0.15, -0.1) is 0 Å². The maximum atomic E-state index is 11.8. The Morgan fingerprint density at radius 2 is 1.69 bits per heavy atom. The van der Waals surface area contributed by atoms with Crippen LogP contribution in [-0.2, 0) is 22.7 Å². The number of ether oxygens (including phenoxy) is 1. The first-order valence-corrected chi connectivity index (χ1v) is 11.9. The van der Waals surface area contributed by atoms with Crippen LogP contribution in [0.25, 0.3) is 0 Å². The molecule has 1 atom stereocenters. The highest BCUT2D eigenvalue weighted by molar-refractivity contribution is 7.90. The fourth-order valence-corrected chi connectivity index (χ4v) is 4.92. The molecule has 6 heteroatoms. The lowest BCUT2D eigenvalue weighted by Crippen LogP contribution is -2.46. The average molecular weight is 418 g/mol. The van der Waals surface area contributed by atoms with E-state index >= 15 is 0 Å². The number of aliphatic hydroxyl groups excluding tert-OH is 1. The molecule has 1 aliphatic carbocycles. The number of benzene rings is 2. The smallest absolute Gasteiger partial charge is 0.179 e. The van der Waals surface area contributed by atoms with Crippen LogP contribution >= 0.6 is 0 Å². The van der Waals surface area contributed by atoms with Crippen molar-refractivity contribution in [3.8, 4) is 5.75 Å². The summed E-state index contributed by atoms with van der Waals surface area (Å²) in [6, 6.07) is 15.1. The van der Waals surface area contributed by atoms with Gasteiger partial charge >= 0.3 is 0 Å². The van der Waals surface area contributed by atoms with Gasteiger partial charge in [-0.2, -0.15) is 0 Å². The molecule has 0 amide bonds. The highest BCUT2D eigenvalue weighted by Gasteiger charge is 2.28. The number of para-hydroxylation sites is 1. The molecular weight excluding hydrogens is 386 g/mol. The van der Waals surface area contributed by atoms with Crippen LogP contribution in [0.5, 0.6) is 5.75 Å². The Labute approximate surface area is 174 Å². The fraction of sp³-hybridized carbons (Fsp3) is 0.478. The third-order valence-electron chi connectivity index (χ3n) is 5.43. The molecule has 0 heterocycles. The van der Waals surface area contributed by atoms with E-state index < -0.39 is 15.9 Å². The number of hydrogen-bond acceptors (Lipinski definition) is 5. The minimum atomic E-state index is -3.38. The van der Waals surface area contributed by atoms with Gasteiger partial charge in [-0.1, -0.05) is 36.4 Å². The molecule has 0 aliphatic heterocycles. The van der Waals surface area contributed by atoms with Gasteiger partial charge in [-0.05, 0) is 62.3 Å². The standard InChI is InChI=1S/C23H31NO4S/c1-23(2,14-17-12-18-8-4-5-9-19(18)13-17)24-15-20(25)16-28-21-10-6-7-11-22(21)29(3,26)27/h4-11,17,20,24-25H,12-16H2,1-3H3/t20-/m1/s1. The minimum Gasteiger partial charge on any atom is -0.489 e. The molecule has 0 fully saturated rings. The van der Waals surface area contributed by atoms with E-state index in [-0.39, 0.29) is 22.8 Å². The second-order valence-electron chi connectivity index (χ2n) is 8.70. The van der Waals surface area contributed by atoms with Crippen molar-refractivity contribution < 1.29 is 18.3 Å². The highest BCUT2D eigenvalue weighted by Crippen LogP contribution is 2.31. The molecule has 0 spiro atoms. The second-order valence-corrected chi connectivity index (χ2v) is 10.7. The van der Waals surface area contributed by atoms with Crippen LogP contribution in [0.4, 0.5) is 0 Å². The zero-order valence-corrected chi connectivity index (χ0v) is 18.2. The lowest BCUT2D eigenvalue weighted by molar-refractivity contribution is 0.0952. The van der Waals surface area contributed by atoms with E-state index in [9.17, 15) is 13.5 Å². The Bertz CT molecular complexity index is 914. The number of β-amino-alcohol motifs (C(OH)–C–C–N with tert-alkyl or cyclic N) is 1. The first-order chi connectivity index (χ1) is 13.6. The molecule has 0 unspecified atom stereocenters. The van der Waals surface area contributed by atoms with Gasteiger partial charge in [0, 0.05) is 18.3 Å². The normalized spacial score (nSPS) is 15.9. The number of aliphatic hydroxyl groups is 1. The fourth-order valence-electron chi connectivity index (χ4n) is 4.10. The lowest BCUT2D eigenvalue weighted by atomic mass is 9.88. The third kappa shape index (κ3) is 6.04. The summed E-state index contributed by atoms with van der Waals surface area (Å²) in [7, 11) is -3.38. The minimum absolute atomic E-state index is 0.0322. The number of fused-ring (bicyclic) bond motifs is 1. The van der Waals surface area contributed by atoms with Crippen molar-refractivity contribution in [2.24, 2.45) is 5.92 Å². The molecule has 5 nitrogen and oxygen atoms in total. The predicted molar refractivity (Wildman–Crippen MR) is 115 cm³/mol. The van der Waals surface area contributed by atoms with Gasteiger partial charge in [0.05, 0.1) is 0 Å². The van der Waals surface area contributed by atoms with Gasteiger partial charge in [-0.3, -0.25) is 0 Å². The summed E-state index contributed by atoms with van der Waals surface area (Å²) in [6.45, 7) is 4.73. The van der Waals surface area contributed by atoms with E-state index in [1.54, 1.807) is 18.2 Å². The first-order valence-electron chi connectivity index (χ1n) is 10.1. The van der Waals surface area contributed by atoms with Gasteiger partial charge in [0.1, 0.15) is 23.4 Å². The third-order valence-corrected chi connectivity index (χ3v) is 6.57. The van der Waals surface area contributed by atoms with Crippen LogP contribution in [0, 0.1) is 5.92 Å². The van der Waals surface area contributed by atoms with Crippen molar-refractivity contribution in [2.45, 2.75) is 49.6 Å². The zero-order chi connectivity index (χ0) is 21.1. The van der Waals surface area contributed by atoms with Gasteiger partial charge in [0.2, 0.25) is 0 Å². The van der Waals surface area contributed by atoms with E-state index in [0.717, 1.165) is 25.5 Å². The van der Waals surface area contributed by atoms with Gasteiger partial charge in [-0.25, -0.2) is 8.42 Å². The molecule has 3 rings (SSSR count). The number of sulfone groups is 1. The summed E-state index contributed by atoms with van der Waals surface area (Å²) in [4.78, 5) is 0.140. The van der Waals surface area contributed by atoms with E-state index in [1.165, 1.54) is 17.2 Å². The molecule has 2 N–H and O–H groups in total. The zero-order valence-electron chi connectivity index (χ0n) is 17.4. The van der Waals surface area contributed by atoms with Crippen LogP contribution in [0.2, 0.25) is 0 Å². The maximum Gasteiger partial charge on any atom is 0.179 e. The summed E-state index contributed by atoms with van der Waals surface area (Å²) >= 11 is 0. The molecule has 2 aromatic carbocycles. The van der Waals surface area contributed by atoms with Crippen molar-refractivity contribution in [3.63, 3.8) is 0 Å². The topological polar surface area (TPSA) is 75.6 Å². The Hall–Kier alpha value is -1.89. The molecule has 29 heavy (non-hydrogen) atoms. The van der Waals surface area contributed by atoms with Crippen molar-refractivity contribution in [2.75, 3.05) is 19.4 Å². The summed E-state index contributed by atoms with van der Waals surface area (Å²) in [5.41, 5.74) is 2.79. The average Bonchev–Trinajstić information content (AvgIpc) is 3.05. The molecule has 0 bridgehead atoms. The van der Waals surface area contributed by atoms with Crippen LogP contribution in [-0.4, -0.2) is 44.6 Å². The van der Waals surface area contributed by atoms with Crippen molar-refractivity contribution in [1.82, 2.24) is 5.32 Å². The van der Waals surface area contributed by atoms with E-state index in [0.29, 0.717) is 12.5 Å². The number of rotatable bonds is 9. The molecular formula is C23H31NO4S. The van der Waals surface area contributed by atoms with Gasteiger partial charge < -0.3 is 15.2 Å². The summed E-state index contributed by atoms with van der Waals surface area (Å²) in [5, 5.41) is 13.8. The van der Waals surface area contributed by atoms with Crippen molar-refractivity contribution in [1.29, 1.82) is 0 Å². The summed E-state index contributed by atoms with van der Waals surface area (Å²) in [5.74, 6) is 0.877. The van der Waals surface area contributed by atoms with Gasteiger partial charge in [0.25, 0.3) is 0 Å². The Kier molecular flexibility index (Phi) is 6.66. The van der Waals surface area contributed by atoms with Crippen LogP contribution in [0.1, 0.15) is 31.4 Å². The first kappa shape index (κ1) is 21.8. The maximum absolute atomic E-state index is 11.8. The molecule has 0 saturated carbocycles. The largest absolute Gasteiger partial charge is 0.489 e. The molecule has 0 aromatic heterocycles. The monoisotopic (exact) mass is 417 g/mol. The summed E-state index contributed by atoms with van der Waals surface area (Å²) < 4.78 is 29.3. The number of nitrogens with one attached hydrogen (secondary N) is 1. The van der Waals surface area contributed by atoms with Crippen molar-refractivity contribution in [3.05, 3.63) is 59.7 Å². The van der Waals surface area contributed by atoms with E-state index in [4.69, 9.17) is 4.74 Å². The van der Waals surface area contributed by atoms with Crippen LogP contribution in [0.3, 0.4) is 0 Å². The highest BCUT2D eigenvalue weighted by atomic mass is 32.2. The van der Waals surface area contributed by atoms with E-state index in [1.807, 2.05) is 0 Å². The molecule has 158 valence electrons. The molecule has 0 saturated heterocycles. The molecule has 2 aromatic rings. The van der Waals surface area contributed by atoms with Crippen LogP contribution in [0.15, 0.2) is 53.4 Å². The number of hydrogen-bond donors (Lipinski definition) is 2. The Morgan fingerprint density at radius 1 is 1.10 bits per heavy atom. The van der Waals surface area contributed by atoms with Crippen molar-refractivity contribution >= 4 is 9.84 Å². The Morgan fingerprint density at radius 3 is 2.31 bits per heavy atom. The predicted octanol–water partition coefficient (Wildman–Crippen LogP) is 3.00. The van der Waals surface area contributed by atoms with Gasteiger partial charge in [0.15, 0.2) is 9.84 Å². The second kappa shape index (κ2) is 8.86. The summed E-state index contributed by atoms with van der Waals surface area (Å²) in [6.07, 6.45) is 3.65. The van der Waals surface area contributed by atoms with Crippen LogP contribution < -0.4 is 10.1 Å². The lowest BCUT2D eigenvalue weighted by Gasteiger charge is -2.30.